The summed E-state index contributed by atoms with van der Waals surface area (Å²) in [6.45, 7) is 0. The minimum absolute atomic E-state index is 0.00670. The molecular formula is C19H23F3N2O3. The molecule has 2 aliphatic heterocycles. The number of piperidine rings is 1. The minimum Gasteiger partial charge on any atom is -0.469 e. The van der Waals surface area contributed by atoms with E-state index in [1.807, 2.05) is 0 Å². The summed E-state index contributed by atoms with van der Waals surface area (Å²) in [5.41, 5.74) is 5.68. The molecule has 2 fully saturated rings. The van der Waals surface area contributed by atoms with Crippen LogP contribution < -0.4 is 5.73 Å². The van der Waals surface area contributed by atoms with Crippen LogP contribution in [0.25, 0.3) is 0 Å². The molecule has 1 aromatic carbocycles. The van der Waals surface area contributed by atoms with Crippen molar-refractivity contribution in [3.05, 3.63) is 35.4 Å². The second-order valence-electron chi connectivity index (χ2n) is 7.28. The van der Waals surface area contributed by atoms with Gasteiger partial charge in [-0.25, -0.2) is 0 Å². The van der Waals surface area contributed by atoms with Crippen molar-refractivity contribution in [2.24, 2.45) is 11.7 Å². The van der Waals surface area contributed by atoms with E-state index < -0.39 is 17.8 Å². The van der Waals surface area contributed by atoms with E-state index in [9.17, 15) is 22.8 Å². The lowest BCUT2D eigenvalue weighted by Gasteiger charge is -2.37. The quantitative estimate of drug-likeness (QED) is 0.810. The van der Waals surface area contributed by atoms with Crippen LogP contribution in [0, 0.1) is 5.92 Å². The highest BCUT2D eigenvalue weighted by Crippen LogP contribution is 2.42. The maximum atomic E-state index is 13.0. The van der Waals surface area contributed by atoms with Gasteiger partial charge in [-0.1, -0.05) is 0 Å². The first kappa shape index (κ1) is 19.7. The van der Waals surface area contributed by atoms with Crippen LogP contribution in [0.15, 0.2) is 24.3 Å². The van der Waals surface area contributed by atoms with Crippen molar-refractivity contribution in [1.29, 1.82) is 0 Å². The molecule has 2 N–H and O–H groups in total. The van der Waals surface area contributed by atoms with Gasteiger partial charge in [0.25, 0.3) is 5.91 Å². The second kappa shape index (κ2) is 7.50. The highest BCUT2D eigenvalue weighted by atomic mass is 19.4. The summed E-state index contributed by atoms with van der Waals surface area (Å²) >= 11 is 0. The fourth-order valence-corrected chi connectivity index (χ4v) is 4.39. The summed E-state index contributed by atoms with van der Waals surface area (Å²) in [6.07, 6.45) is -1.06. The molecule has 2 saturated heterocycles. The number of alkyl halides is 3. The molecule has 2 aliphatic rings. The number of carbonyl (C=O) groups is 2. The number of methoxy groups -OCH3 is 1. The smallest absolute Gasteiger partial charge is 0.416 e. The van der Waals surface area contributed by atoms with Crippen LogP contribution >= 0.6 is 0 Å². The number of hydrogen-bond donors (Lipinski definition) is 1. The summed E-state index contributed by atoms with van der Waals surface area (Å²) in [7, 11) is 1.31. The molecule has 148 valence electrons. The lowest BCUT2D eigenvalue weighted by atomic mass is 9.89. The Balaban J connectivity index is 1.78. The number of rotatable bonds is 4. The van der Waals surface area contributed by atoms with E-state index in [1.54, 1.807) is 4.90 Å². The third-order valence-electron chi connectivity index (χ3n) is 5.70. The van der Waals surface area contributed by atoms with Gasteiger partial charge < -0.3 is 15.4 Å². The van der Waals surface area contributed by atoms with Gasteiger partial charge in [0.05, 0.1) is 19.1 Å². The number of hydrogen-bond acceptors (Lipinski definition) is 4. The van der Waals surface area contributed by atoms with Crippen LogP contribution in [0.3, 0.4) is 0 Å². The monoisotopic (exact) mass is 384 g/mol. The van der Waals surface area contributed by atoms with Gasteiger partial charge in [0.2, 0.25) is 0 Å². The van der Waals surface area contributed by atoms with Gasteiger partial charge in [0.1, 0.15) is 0 Å². The van der Waals surface area contributed by atoms with Crippen molar-refractivity contribution < 1.29 is 27.5 Å². The van der Waals surface area contributed by atoms with Crippen molar-refractivity contribution in [2.75, 3.05) is 7.11 Å². The topological polar surface area (TPSA) is 72.6 Å². The van der Waals surface area contributed by atoms with Gasteiger partial charge in [-0.3, -0.25) is 9.59 Å². The Labute approximate surface area is 155 Å². The molecule has 3 rings (SSSR count). The van der Waals surface area contributed by atoms with E-state index in [-0.39, 0.29) is 41.9 Å². The second-order valence-corrected chi connectivity index (χ2v) is 7.28. The number of benzene rings is 1. The summed E-state index contributed by atoms with van der Waals surface area (Å²) in [5, 5.41) is 0. The first-order valence-corrected chi connectivity index (χ1v) is 9.04. The molecule has 8 heteroatoms. The molecule has 4 unspecified atom stereocenters. The molecule has 0 saturated carbocycles. The molecule has 0 spiro atoms. The first-order valence-electron chi connectivity index (χ1n) is 9.04. The Morgan fingerprint density at radius 2 is 1.93 bits per heavy atom. The summed E-state index contributed by atoms with van der Waals surface area (Å²) in [4.78, 5) is 26.3. The Bertz CT molecular complexity index is 705. The molecule has 1 amide bonds. The van der Waals surface area contributed by atoms with E-state index in [1.165, 1.54) is 19.2 Å². The highest BCUT2D eigenvalue weighted by molar-refractivity contribution is 5.95. The number of nitrogens with two attached hydrogens (primary N) is 1. The number of esters is 1. The van der Waals surface area contributed by atoms with E-state index in [2.05, 4.69) is 4.74 Å². The first-order chi connectivity index (χ1) is 12.7. The number of carbonyl (C=O) groups excluding carboxylic acids is 2. The van der Waals surface area contributed by atoms with Gasteiger partial charge in [0.15, 0.2) is 0 Å². The zero-order chi connectivity index (χ0) is 19.8. The standard InChI is InChI=1S/C19H23F3N2O3/c1-27-17(25)10-15(23)14-9-13-3-2-4-16(14)24(13)18(26)11-5-7-12(8-6-11)19(20,21)22/h5-8,13-16H,2-4,9-10,23H2,1H3. The van der Waals surface area contributed by atoms with Gasteiger partial charge in [-0.05, 0) is 55.9 Å². The van der Waals surface area contributed by atoms with Crippen LogP contribution in [0.4, 0.5) is 13.2 Å². The Morgan fingerprint density at radius 1 is 1.26 bits per heavy atom. The third kappa shape index (κ3) is 3.95. The molecule has 2 bridgehead atoms. The van der Waals surface area contributed by atoms with E-state index >= 15 is 0 Å². The Morgan fingerprint density at radius 3 is 2.52 bits per heavy atom. The van der Waals surface area contributed by atoms with Crippen LogP contribution in [0.2, 0.25) is 0 Å². The van der Waals surface area contributed by atoms with Gasteiger partial charge >= 0.3 is 12.1 Å². The lowest BCUT2D eigenvalue weighted by molar-refractivity contribution is -0.141. The number of ether oxygens (including phenoxy) is 1. The minimum atomic E-state index is -4.43. The van der Waals surface area contributed by atoms with Gasteiger partial charge in [0, 0.05) is 23.7 Å². The summed E-state index contributed by atoms with van der Waals surface area (Å²) in [6, 6.07) is 3.81. The predicted molar refractivity (Wildman–Crippen MR) is 91.8 cm³/mol. The molecule has 0 radical (unpaired) electrons. The van der Waals surface area contributed by atoms with Gasteiger partial charge in [-0.2, -0.15) is 13.2 Å². The summed E-state index contributed by atoms with van der Waals surface area (Å²) in [5.74, 6) is -0.675. The largest absolute Gasteiger partial charge is 0.469 e. The lowest BCUT2D eigenvalue weighted by Crippen LogP contribution is -2.47. The third-order valence-corrected chi connectivity index (χ3v) is 5.70. The Kier molecular flexibility index (Phi) is 5.46. The van der Waals surface area contributed by atoms with E-state index in [0.29, 0.717) is 6.42 Å². The van der Waals surface area contributed by atoms with Crippen molar-refractivity contribution in [3.63, 3.8) is 0 Å². The van der Waals surface area contributed by atoms with Crippen molar-refractivity contribution in [3.8, 4) is 0 Å². The number of amides is 1. The van der Waals surface area contributed by atoms with Crippen LogP contribution in [-0.2, 0) is 15.7 Å². The zero-order valence-corrected chi connectivity index (χ0v) is 15.0. The van der Waals surface area contributed by atoms with Crippen LogP contribution in [0.5, 0.6) is 0 Å². The average Bonchev–Trinajstić information content (AvgIpc) is 2.85. The number of fused-ring (bicyclic) bond motifs is 2. The molecule has 1 aromatic rings. The van der Waals surface area contributed by atoms with E-state index in [4.69, 9.17) is 5.73 Å². The SMILES string of the molecule is COC(=O)CC(N)C1CC2CCCC1N2C(=O)c1ccc(C(F)(F)F)cc1. The van der Waals surface area contributed by atoms with Crippen LogP contribution in [-0.4, -0.2) is 42.0 Å². The van der Waals surface area contributed by atoms with Gasteiger partial charge in [-0.15, -0.1) is 0 Å². The molecule has 0 aliphatic carbocycles. The molecule has 2 heterocycles. The van der Waals surface area contributed by atoms with Crippen LogP contribution in [0.1, 0.15) is 48.0 Å². The predicted octanol–water partition coefficient (Wildman–Crippen LogP) is 2.98. The van der Waals surface area contributed by atoms with Crippen molar-refractivity contribution in [1.82, 2.24) is 4.90 Å². The van der Waals surface area contributed by atoms with E-state index in [0.717, 1.165) is 31.4 Å². The molecule has 5 nitrogen and oxygen atoms in total. The number of nitrogens with zero attached hydrogens (tertiary/aromatic N) is 1. The Hall–Kier alpha value is -2.09. The van der Waals surface area contributed by atoms with Crippen molar-refractivity contribution in [2.45, 2.75) is 56.4 Å². The highest BCUT2D eigenvalue weighted by Gasteiger charge is 2.48. The molecule has 4 atom stereocenters. The normalized spacial score (nSPS) is 26.0. The fraction of sp³-hybridized carbons (Fsp3) is 0.579. The molecule has 27 heavy (non-hydrogen) atoms. The average molecular weight is 384 g/mol. The van der Waals surface area contributed by atoms with Crippen molar-refractivity contribution >= 4 is 11.9 Å². The summed E-state index contributed by atoms with van der Waals surface area (Å²) < 4.78 is 42.9. The molecular weight excluding hydrogens is 361 g/mol. The number of halogens is 3. The maximum absolute atomic E-state index is 13.0. The fourth-order valence-electron chi connectivity index (χ4n) is 4.39. The molecule has 0 aromatic heterocycles. The maximum Gasteiger partial charge on any atom is 0.416 e. The zero-order valence-electron chi connectivity index (χ0n) is 15.0.